The molecular weight excluding hydrogens is 334 g/mol. The third kappa shape index (κ3) is 5.12. The van der Waals surface area contributed by atoms with E-state index < -0.39 is 6.61 Å². The molecule has 0 aliphatic rings. The molecular formula is C19H23N3O2S. The highest BCUT2D eigenvalue weighted by Crippen LogP contribution is 2.33. The lowest BCUT2D eigenvalue weighted by atomic mass is 9.93. The first-order valence-corrected chi connectivity index (χ1v) is 8.91. The quantitative estimate of drug-likeness (QED) is 0.889. The van der Waals surface area contributed by atoms with E-state index in [1.165, 1.54) is 11.3 Å². The van der Waals surface area contributed by atoms with Crippen LogP contribution in [0.2, 0.25) is 0 Å². The largest absolute Gasteiger partial charge is 0.387 e. The second-order valence-corrected chi connectivity index (χ2v) is 8.25. The summed E-state index contributed by atoms with van der Waals surface area (Å²) in [5.74, 6) is -0.378. The minimum absolute atomic E-state index is 0.106. The first kappa shape index (κ1) is 19.1. The van der Waals surface area contributed by atoms with Crippen molar-refractivity contribution in [2.24, 2.45) is 5.41 Å². The van der Waals surface area contributed by atoms with Gasteiger partial charge in [-0.25, -0.2) is 4.98 Å². The van der Waals surface area contributed by atoms with Gasteiger partial charge in [0.2, 0.25) is 0 Å². The normalized spacial score (nSPS) is 11.2. The number of carbonyl (C=O) groups excluding carboxylic acids is 1. The van der Waals surface area contributed by atoms with Crippen molar-refractivity contribution >= 4 is 22.2 Å². The number of aliphatic hydroxyl groups is 1. The molecule has 0 saturated heterocycles. The van der Waals surface area contributed by atoms with E-state index in [-0.39, 0.29) is 11.3 Å². The molecule has 1 N–H and O–H groups in total. The number of hydrogen-bond acceptors (Lipinski definition) is 5. The van der Waals surface area contributed by atoms with Crippen LogP contribution in [0.3, 0.4) is 0 Å². The Morgan fingerprint density at radius 3 is 2.72 bits per heavy atom. The van der Waals surface area contributed by atoms with Crippen molar-refractivity contribution in [1.29, 1.82) is 5.26 Å². The maximum atomic E-state index is 12.3. The van der Waals surface area contributed by atoms with E-state index in [0.29, 0.717) is 12.1 Å². The van der Waals surface area contributed by atoms with Crippen LogP contribution in [0, 0.1) is 23.7 Å². The van der Waals surface area contributed by atoms with Crippen LogP contribution in [-0.4, -0.2) is 22.6 Å². The number of nitriles is 1. The average molecular weight is 357 g/mol. The maximum Gasteiger partial charge on any atom is 0.253 e. The van der Waals surface area contributed by atoms with Gasteiger partial charge in [0.05, 0.1) is 28.9 Å². The van der Waals surface area contributed by atoms with Crippen LogP contribution in [-0.2, 0) is 17.8 Å². The van der Waals surface area contributed by atoms with Crippen molar-refractivity contribution in [3.8, 4) is 6.07 Å². The van der Waals surface area contributed by atoms with E-state index in [0.717, 1.165) is 27.7 Å². The molecule has 0 aliphatic carbocycles. The summed E-state index contributed by atoms with van der Waals surface area (Å²) in [5, 5.41) is 20.1. The molecule has 5 nitrogen and oxygen atoms in total. The standard InChI is InChI=1S/C19H23N3O2S/c1-13-18(25-16(21-13)9-19(2,3)4)22(17(24)12-23)11-15-7-5-6-14(8-15)10-20/h5-8,23H,9,11-12H2,1-4H3. The van der Waals surface area contributed by atoms with Crippen LogP contribution in [0.1, 0.15) is 42.6 Å². The average Bonchev–Trinajstić information content (AvgIpc) is 2.90. The predicted octanol–water partition coefficient (Wildman–Crippen LogP) is 3.44. The Morgan fingerprint density at radius 1 is 1.40 bits per heavy atom. The van der Waals surface area contributed by atoms with E-state index in [1.807, 2.05) is 13.0 Å². The van der Waals surface area contributed by atoms with E-state index in [4.69, 9.17) is 5.26 Å². The molecule has 0 fully saturated rings. The highest BCUT2D eigenvalue weighted by Gasteiger charge is 2.23. The predicted molar refractivity (Wildman–Crippen MR) is 99.4 cm³/mol. The monoisotopic (exact) mass is 357 g/mol. The third-order valence-corrected chi connectivity index (χ3v) is 4.76. The number of amides is 1. The van der Waals surface area contributed by atoms with Gasteiger partial charge in [0.15, 0.2) is 0 Å². The first-order chi connectivity index (χ1) is 11.7. The number of rotatable bonds is 5. The molecule has 0 radical (unpaired) electrons. The van der Waals surface area contributed by atoms with Crippen LogP contribution in [0.15, 0.2) is 24.3 Å². The fraction of sp³-hybridized carbons (Fsp3) is 0.421. The summed E-state index contributed by atoms with van der Waals surface area (Å²) in [5.41, 5.74) is 2.27. The molecule has 0 aliphatic heterocycles. The van der Waals surface area contributed by atoms with Gasteiger partial charge in [-0.15, -0.1) is 11.3 Å². The van der Waals surface area contributed by atoms with Gasteiger partial charge >= 0.3 is 0 Å². The Hall–Kier alpha value is -2.23. The number of aliphatic hydroxyl groups excluding tert-OH is 1. The number of benzene rings is 1. The number of thiazole rings is 1. The van der Waals surface area contributed by atoms with Gasteiger partial charge in [0.1, 0.15) is 11.6 Å². The Labute approximate surface area is 152 Å². The lowest BCUT2D eigenvalue weighted by Crippen LogP contribution is -2.32. The summed E-state index contributed by atoms with van der Waals surface area (Å²) in [7, 11) is 0. The van der Waals surface area contributed by atoms with Gasteiger partial charge < -0.3 is 5.11 Å². The second kappa shape index (κ2) is 7.77. The highest BCUT2D eigenvalue weighted by atomic mass is 32.1. The molecule has 1 aromatic carbocycles. The van der Waals surface area contributed by atoms with Crippen molar-refractivity contribution in [3.05, 3.63) is 46.1 Å². The Kier molecular flexibility index (Phi) is 5.93. The topological polar surface area (TPSA) is 77.2 Å². The Bertz CT molecular complexity index is 800. The van der Waals surface area contributed by atoms with Crippen molar-refractivity contribution in [2.75, 3.05) is 11.5 Å². The molecule has 0 bridgehead atoms. The van der Waals surface area contributed by atoms with Crippen LogP contribution in [0.4, 0.5) is 5.00 Å². The zero-order chi connectivity index (χ0) is 18.6. The molecule has 0 unspecified atom stereocenters. The molecule has 0 spiro atoms. The SMILES string of the molecule is Cc1nc(CC(C)(C)C)sc1N(Cc1cccc(C#N)c1)C(=O)CO. The van der Waals surface area contributed by atoms with Gasteiger partial charge in [0, 0.05) is 6.42 Å². The van der Waals surface area contributed by atoms with Gasteiger partial charge in [0.25, 0.3) is 5.91 Å². The van der Waals surface area contributed by atoms with Crippen LogP contribution in [0.25, 0.3) is 0 Å². The maximum absolute atomic E-state index is 12.3. The van der Waals surface area contributed by atoms with E-state index in [2.05, 4.69) is 31.8 Å². The molecule has 0 atom stereocenters. The first-order valence-electron chi connectivity index (χ1n) is 8.10. The molecule has 2 aromatic rings. The number of carbonyl (C=O) groups is 1. The van der Waals surface area contributed by atoms with Crippen molar-refractivity contribution in [1.82, 2.24) is 4.98 Å². The minimum atomic E-state index is -0.566. The zero-order valence-corrected chi connectivity index (χ0v) is 15.9. The molecule has 1 aromatic heterocycles. The number of aryl methyl sites for hydroxylation is 1. The summed E-state index contributed by atoms with van der Waals surface area (Å²) in [4.78, 5) is 18.5. The van der Waals surface area contributed by atoms with Gasteiger partial charge in [-0.2, -0.15) is 5.26 Å². The minimum Gasteiger partial charge on any atom is -0.387 e. The van der Waals surface area contributed by atoms with Crippen LogP contribution >= 0.6 is 11.3 Å². The summed E-state index contributed by atoms with van der Waals surface area (Å²) >= 11 is 1.49. The van der Waals surface area contributed by atoms with Crippen LogP contribution in [0.5, 0.6) is 0 Å². The Morgan fingerprint density at radius 2 is 2.12 bits per heavy atom. The van der Waals surface area contributed by atoms with Crippen molar-refractivity contribution < 1.29 is 9.90 Å². The highest BCUT2D eigenvalue weighted by molar-refractivity contribution is 7.16. The number of anilines is 1. The van der Waals surface area contributed by atoms with Gasteiger partial charge in [-0.1, -0.05) is 32.9 Å². The number of hydrogen-bond donors (Lipinski definition) is 1. The lowest BCUT2D eigenvalue weighted by molar-refractivity contribution is -0.121. The van der Waals surface area contributed by atoms with Gasteiger partial charge in [-0.05, 0) is 30.0 Å². The van der Waals surface area contributed by atoms with Crippen molar-refractivity contribution in [3.63, 3.8) is 0 Å². The molecule has 0 saturated carbocycles. The fourth-order valence-electron chi connectivity index (χ4n) is 2.50. The molecule has 132 valence electrons. The summed E-state index contributed by atoms with van der Waals surface area (Å²) < 4.78 is 0. The molecule has 1 amide bonds. The zero-order valence-electron chi connectivity index (χ0n) is 15.0. The molecule has 1 heterocycles. The molecule has 25 heavy (non-hydrogen) atoms. The summed E-state index contributed by atoms with van der Waals surface area (Å²) in [6.45, 7) is 8.05. The molecule has 2 rings (SSSR count). The molecule has 6 heteroatoms. The smallest absolute Gasteiger partial charge is 0.253 e. The number of nitrogens with zero attached hydrogens (tertiary/aromatic N) is 3. The lowest BCUT2D eigenvalue weighted by Gasteiger charge is -2.21. The third-order valence-electron chi connectivity index (χ3n) is 3.58. The summed E-state index contributed by atoms with van der Waals surface area (Å²) in [6.07, 6.45) is 0.823. The van der Waals surface area contributed by atoms with E-state index in [1.54, 1.807) is 23.1 Å². The number of aromatic nitrogens is 1. The van der Waals surface area contributed by atoms with E-state index in [9.17, 15) is 9.90 Å². The summed E-state index contributed by atoms with van der Waals surface area (Å²) in [6, 6.07) is 9.24. The van der Waals surface area contributed by atoms with Crippen LogP contribution < -0.4 is 4.90 Å². The fourth-order valence-corrected chi connectivity index (χ4v) is 3.88. The van der Waals surface area contributed by atoms with Gasteiger partial charge in [-0.3, -0.25) is 9.69 Å². The van der Waals surface area contributed by atoms with Crippen molar-refractivity contribution in [2.45, 2.75) is 40.7 Å². The Balaban J connectivity index is 2.35. The second-order valence-electron chi connectivity index (χ2n) is 7.19. The van der Waals surface area contributed by atoms with E-state index >= 15 is 0 Å².